The Morgan fingerprint density at radius 3 is 2.44 bits per heavy atom. The molecule has 1 aromatic carbocycles. The van der Waals surface area contributed by atoms with Crippen molar-refractivity contribution in [3.63, 3.8) is 0 Å². The molecule has 1 aromatic rings. The first-order chi connectivity index (χ1) is 8.64. The Balaban J connectivity index is 2.56. The zero-order valence-corrected chi connectivity index (χ0v) is 11.0. The van der Waals surface area contributed by atoms with Crippen LogP contribution in [0.4, 0.5) is 0 Å². The van der Waals surface area contributed by atoms with Gasteiger partial charge in [-0.1, -0.05) is 29.8 Å². The molecule has 0 amide bonds. The van der Waals surface area contributed by atoms with Gasteiger partial charge >= 0.3 is 5.97 Å². The summed E-state index contributed by atoms with van der Waals surface area (Å²) in [7, 11) is 3.06. The summed E-state index contributed by atoms with van der Waals surface area (Å²) in [6.07, 6.45) is 5.39. The first-order valence-electron chi connectivity index (χ1n) is 6.02. The molecule has 0 bridgehead atoms. The topological polar surface area (TPSA) is 35.5 Å². The summed E-state index contributed by atoms with van der Waals surface area (Å²) in [5.41, 5.74) is 1.41. The third-order valence-electron chi connectivity index (χ3n) is 3.55. The molecule has 0 unspecified atom stereocenters. The highest BCUT2D eigenvalue weighted by molar-refractivity contribution is 5.85. The maximum absolute atomic E-state index is 12.2. The van der Waals surface area contributed by atoms with E-state index >= 15 is 0 Å². The standard InChI is InChI=1S/C15H18O3/c1-11-6-7-13(17-2)12(10-11)15(14(16)18-3)8-4-5-9-15/h4-7,10H,8-9H2,1-3H3. The molecule has 0 fully saturated rings. The number of rotatable bonds is 3. The Kier molecular flexibility index (Phi) is 3.41. The van der Waals surface area contributed by atoms with Gasteiger partial charge in [0.05, 0.1) is 14.2 Å². The lowest BCUT2D eigenvalue weighted by atomic mass is 9.77. The molecule has 1 aliphatic carbocycles. The van der Waals surface area contributed by atoms with Crippen LogP contribution in [-0.4, -0.2) is 20.2 Å². The minimum atomic E-state index is -0.619. The third-order valence-corrected chi connectivity index (χ3v) is 3.55. The van der Waals surface area contributed by atoms with Gasteiger partial charge in [0.15, 0.2) is 0 Å². The van der Waals surface area contributed by atoms with Crippen molar-refractivity contribution in [2.45, 2.75) is 25.2 Å². The number of hydrogen-bond donors (Lipinski definition) is 0. The van der Waals surface area contributed by atoms with E-state index < -0.39 is 5.41 Å². The second-order valence-corrected chi connectivity index (χ2v) is 4.66. The first-order valence-corrected chi connectivity index (χ1v) is 6.02. The summed E-state index contributed by atoms with van der Waals surface area (Å²) in [4.78, 5) is 12.2. The lowest BCUT2D eigenvalue weighted by molar-refractivity contribution is -0.147. The smallest absolute Gasteiger partial charge is 0.317 e. The zero-order chi connectivity index (χ0) is 13.2. The van der Waals surface area contributed by atoms with Gasteiger partial charge in [-0.3, -0.25) is 4.79 Å². The van der Waals surface area contributed by atoms with Crippen molar-refractivity contribution in [2.24, 2.45) is 0 Å². The van der Waals surface area contributed by atoms with Crippen LogP contribution in [-0.2, 0) is 14.9 Å². The van der Waals surface area contributed by atoms with Crippen LogP contribution in [0.3, 0.4) is 0 Å². The van der Waals surface area contributed by atoms with Crippen molar-refractivity contribution < 1.29 is 14.3 Å². The van der Waals surface area contributed by atoms with Crippen LogP contribution >= 0.6 is 0 Å². The van der Waals surface area contributed by atoms with E-state index in [2.05, 4.69) is 0 Å². The average Bonchev–Trinajstić information content (AvgIpc) is 2.88. The summed E-state index contributed by atoms with van der Waals surface area (Å²) >= 11 is 0. The molecule has 96 valence electrons. The van der Waals surface area contributed by atoms with E-state index in [1.54, 1.807) is 7.11 Å². The van der Waals surface area contributed by atoms with Crippen molar-refractivity contribution in [3.8, 4) is 5.75 Å². The zero-order valence-electron chi connectivity index (χ0n) is 11.0. The summed E-state index contributed by atoms with van der Waals surface area (Å²) < 4.78 is 10.4. The van der Waals surface area contributed by atoms with Crippen LogP contribution in [0.1, 0.15) is 24.0 Å². The van der Waals surface area contributed by atoms with Gasteiger partial charge in [-0.15, -0.1) is 0 Å². The minimum absolute atomic E-state index is 0.198. The molecule has 0 aromatic heterocycles. The fourth-order valence-corrected chi connectivity index (χ4v) is 2.54. The highest BCUT2D eigenvalue weighted by Crippen LogP contribution is 2.42. The van der Waals surface area contributed by atoms with E-state index in [-0.39, 0.29) is 5.97 Å². The predicted octanol–water partition coefficient (Wildman–Crippen LogP) is 2.76. The average molecular weight is 246 g/mol. The van der Waals surface area contributed by atoms with Gasteiger partial charge in [0.1, 0.15) is 11.2 Å². The SMILES string of the molecule is COC(=O)C1(c2cc(C)ccc2OC)CC=CC1. The molecular formula is C15H18O3. The van der Waals surface area contributed by atoms with E-state index in [4.69, 9.17) is 9.47 Å². The van der Waals surface area contributed by atoms with E-state index in [1.807, 2.05) is 37.3 Å². The Labute approximate surface area is 107 Å². The summed E-state index contributed by atoms with van der Waals surface area (Å²) in [5.74, 6) is 0.547. The first kappa shape index (κ1) is 12.7. The molecule has 0 saturated carbocycles. The number of carbonyl (C=O) groups is 1. The summed E-state index contributed by atoms with van der Waals surface area (Å²) in [6, 6.07) is 5.91. The Hall–Kier alpha value is -1.77. The molecule has 0 heterocycles. The molecule has 3 nitrogen and oxygen atoms in total. The molecule has 3 heteroatoms. The Morgan fingerprint density at radius 2 is 1.89 bits per heavy atom. The second-order valence-electron chi connectivity index (χ2n) is 4.66. The number of benzene rings is 1. The molecule has 1 aliphatic rings. The van der Waals surface area contributed by atoms with Gasteiger partial charge < -0.3 is 9.47 Å². The highest BCUT2D eigenvalue weighted by atomic mass is 16.5. The molecule has 0 radical (unpaired) electrons. The quantitative estimate of drug-likeness (QED) is 0.607. The maximum Gasteiger partial charge on any atom is 0.317 e. The van der Waals surface area contributed by atoms with Crippen LogP contribution in [0, 0.1) is 6.92 Å². The van der Waals surface area contributed by atoms with Crippen LogP contribution in [0.5, 0.6) is 5.75 Å². The predicted molar refractivity (Wildman–Crippen MR) is 69.8 cm³/mol. The lowest BCUT2D eigenvalue weighted by Gasteiger charge is -2.28. The molecule has 0 aliphatic heterocycles. The fraction of sp³-hybridized carbons (Fsp3) is 0.400. The fourth-order valence-electron chi connectivity index (χ4n) is 2.54. The van der Waals surface area contributed by atoms with Crippen molar-refractivity contribution >= 4 is 5.97 Å². The van der Waals surface area contributed by atoms with Gasteiger partial charge in [-0.25, -0.2) is 0 Å². The van der Waals surface area contributed by atoms with Crippen LogP contribution < -0.4 is 4.74 Å². The van der Waals surface area contributed by atoms with Gasteiger partial charge in [0.2, 0.25) is 0 Å². The monoisotopic (exact) mass is 246 g/mol. The lowest BCUT2D eigenvalue weighted by Crippen LogP contribution is -2.34. The molecule has 2 rings (SSSR count). The van der Waals surface area contributed by atoms with E-state index in [9.17, 15) is 4.79 Å². The number of allylic oxidation sites excluding steroid dienone is 2. The van der Waals surface area contributed by atoms with Crippen LogP contribution in [0.2, 0.25) is 0 Å². The highest BCUT2D eigenvalue weighted by Gasteiger charge is 2.43. The van der Waals surface area contributed by atoms with Crippen LogP contribution in [0.25, 0.3) is 0 Å². The van der Waals surface area contributed by atoms with Gasteiger partial charge in [-0.2, -0.15) is 0 Å². The number of ether oxygens (including phenoxy) is 2. The molecule has 0 atom stereocenters. The normalized spacial score (nSPS) is 16.6. The van der Waals surface area contributed by atoms with Gasteiger partial charge in [0, 0.05) is 5.56 Å². The number of hydrogen-bond acceptors (Lipinski definition) is 3. The second kappa shape index (κ2) is 4.84. The third kappa shape index (κ3) is 1.90. The van der Waals surface area contributed by atoms with Crippen molar-refractivity contribution in [3.05, 3.63) is 41.5 Å². The minimum Gasteiger partial charge on any atom is -0.496 e. The number of esters is 1. The molecule has 18 heavy (non-hydrogen) atoms. The van der Waals surface area contributed by atoms with Crippen molar-refractivity contribution in [1.29, 1.82) is 0 Å². The molecule has 0 N–H and O–H groups in total. The van der Waals surface area contributed by atoms with Gasteiger partial charge in [0.25, 0.3) is 0 Å². The molecular weight excluding hydrogens is 228 g/mol. The van der Waals surface area contributed by atoms with E-state index in [0.29, 0.717) is 12.8 Å². The summed E-state index contributed by atoms with van der Waals surface area (Å²) in [6.45, 7) is 2.01. The molecule has 0 saturated heterocycles. The van der Waals surface area contributed by atoms with Crippen LogP contribution in [0.15, 0.2) is 30.4 Å². The summed E-state index contributed by atoms with van der Waals surface area (Å²) in [5, 5.41) is 0. The number of carbonyl (C=O) groups excluding carboxylic acids is 1. The van der Waals surface area contributed by atoms with Gasteiger partial charge in [-0.05, 0) is 25.8 Å². The number of aryl methyl sites for hydroxylation is 1. The van der Waals surface area contributed by atoms with Crippen molar-refractivity contribution in [1.82, 2.24) is 0 Å². The maximum atomic E-state index is 12.2. The van der Waals surface area contributed by atoms with E-state index in [0.717, 1.165) is 16.9 Å². The molecule has 0 spiro atoms. The number of methoxy groups -OCH3 is 2. The Bertz CT molecular complexity index is 481. The van der Waals surface area contributed by atoms with E-state index in [1.165, 1.54) is 7.11 Å². The Morgan fingerprint density at radius 1 is 1.22 bits per heavy atom. The largest absolute Gasteiger partial charge is 0.496 e. The van der Waals surface area contributed by atoms with Crippen molar-refractivity contribution in [2.75, 3.05) is 14.2 Å².